The normalized spacial score (nSPS) is 11.1. The van der Waals surface area contributed by atoms with Crippen molar-refractivity contribution in [1.29, 1.82) is 0 Å². The quantitative estimate of drug-likeness (QED) is 0.856. The second-order valence-corrected chi connectivity index (χ2v) is 6.45. The highest BCUT2D eigenvalue weighted by Crippen LogP contribution is 2.24. The molecule has 0 aromatic heterocycles. The molecule has 2 amide bonds. The van der Waals surface area contributed by atoms with Crippen molar-refractivity contribution in [2.24, 2.45) is 5.41 Å². The Morgan fingerprint density at radius 1 is 0.783 bits per heavy atom. The van der Waals surface area contributed by atoms with E-state index in [9.17, 15) is 9.59 Å². The van der Waals surface area contributed by atoms with Gasteiger partial charge in [0, 0.05) is 5.41 Å². The Balaban J connectivity index is 2.21. The van der Waals surface area contributed by atoms with Crippen molar-refractivity contribution in [3.63, 3.8) is 0 Å². The van der Waals surface area contributed by atoms with Gasteiger partial charge in [-0.25, -0.2) is 0 Å². The molecule has 0 spiro atoms. The third kappa shape index (κ3) is 4.42. The van der Waals surface area contributed by atoms with Crippen molar-refractivity contribution >= 4 is 11.8 Å². The fraction of sp³-hybridized carbons (Fsp3) is 0.263. The molecule has 0 saturated heterocycles. The number of rotatable bonds is 3. The van der Waals surface area contributed by atoms with E-state index in [4.69, 9.17) is 0 Å². The summed E-state index contributed by atoms with van der Waals surface area (Å²) in [5.74, 6) is -0.969. The van der Waals surface area contributed by atoms with Crippen LogP contribution in [0.5, 0.6) is 0 Å². The Morgan fingerprint density at radius 3 is 1.61 bits per heavy atom. The molecule has 2 aromatic rings. The van der Waals surface area contributed by atoms with Crippen molar-refractivity contribution in [3.05, 3.63) is 71.8 Å². The Labute approximate surface area is 136 Å². The minimum absolute atomic E-state index is 0.231. The molecule has 0 atom stereocenters. The summed E-state index contributed by atoms with van der Waals surface area (Å²) in [4.78, 5) is 24.6. The lowest BCUT2D eigenvalue weighted by molar-refractivity contribution is -0.133. The zero-order chi connectivity index (χ0) is 16.9. The average Bonchev–Trinajstić information content (AvgIpc) is 2.54. The van der Waals surface area contributed by atoms with Crippen LogP contribution in [0.3, 0.4) is 0 Å². The first-order chi connectivity index (χ1) is 10.9. The Bertz CT molecular complexity index is 621. The van der Waals surface area contributed by atoms with Gasteiger partial charge in [-0.05, 0) is 11.1 Å². The zero-order valence-corrected chi connectivity index (χ0v) is 13.7. The lowest BCUT2D eigenvalue weighted by Gasteiger charge is -2.21. The fourth-order valence-electron chi connectivity index (χ4n) is 2.16. The first-order valence-corrected chi connectivity index (χ1v) is 7.60. The molecule has 0 bridgehead atoms. The molecule has 23 heavy (non-hydrogen) atoms. The number of benzene rings is 2. The summed E-state index contributed by atoms with van der Waals surface area (Å²) in [7, 11) is 0. The third-order valence-corrected chi connectivity index (χ3v) is 3.51. The molecule has 0 aliphatic carbocycles. The van der Waals surface area contributed by atoms with E-state index in [1.807, 2.05) is 60.7 Å². The van der Waals surface area contributed by atoms with Crippen LogP contribution in [0.1, 0.15) is 37.8 Å². The smallest absolute Gasteiger partial charge is 0.250 e. The van der Waals surface area contributed by atoms with Crippen molar-refractivity contribution in [1.82, 2.24) is 10.9 Å². The lowest BCUT2D eigenvalue weighted by Crippen LogP contribution is -2.48. The van der Waals surface area contributed by atoms with Crippen LogP contribution in [0.25, 0.3) is 0 Å². The van der Waals surface area contributed by atoms with E-state index in [0.717, 1.165) is 11.1 Å². The van der Waals surface area contributed by atoms with E-state index in [1.54, 1.807) is 20.8 Å². The van der Waals surface area contributed by atoms with E-state index >= 15 is 0 Å². The van der Waals surface area contributed by atoms with Crippen LogP contribution in [0.2, 0.25) is 0 Å². The number of amides is 2. The topological polar surface area (TPSA) is 58.2 Å². The summed E-state index contributed by atoms with van der Waals surface area (Å²) in [6.45, 7) is 5.38. The standard InChI is InChI=1S/C19H22N2O2/c1-19(2,3)18(23)21-20-17(22)16(14-10-6-4-7-11-14)15-12-8-5-9-13-15/h4-13,16H,1-3H3,(H,20,22)(H,21,23). The van der Waals surface area contributed by atoms with Crippen molar-refractivity contribution < 1.29 is 9.59 Å². The van der Waals surface area contributed by atoms with Crippen LogP contribution in [0.15, 0.2) is 60.7 Å². The minimum atomic E-state index is -0.567. The Morgan fingerprint density at radius 2 is 1.22 bits per heavy atom. The van der Waals surface area contributed by atoms with Crippen LogP contribution < -0.4 is 10.9 Å². The van der Waals surface area contributed by atoms with Gasteiger partial charge < -0.3 is 0 Å². The van der Waals surface area contributed by atoms with Crippen LogP contribution in [0, 0.1) is 5.41 Å². The van der Waals surface area contributed by atoms with E-state index in [-0.39, 0.29) is 11.8 Å². The highest BCUT2D eigenvalue weighted by atomic mass is 16.2. The second-order valence-electron chi connectivity index (χ2n) is 6.45. The Kier molecular flexibility index (Phi) is 5.16. The van der Waals surface area contributed by atoms with Gasteiger partial charge in [-0.2, -0.15) is 0 Å². The van der Waals surface area contributed by atoms with Gasteiger partial charge in [-0.3, -0.25) is 20.4 Å². The summed E-state index contributed by atoms with van der Waals surface area (Å²) in [5, 5.41) is 0. The molecule has 4 nitrogen and oxygen atoms in total. The average molecular weight is 310 g/mol. The molecule has 2 aromatic carbocycles. The maximum atomic E-state index is 12.6. The SMILES string of the molecule is CC(C)(C)C(=O)NNC(=O)C(c1ccccc1)c1ccccc1. The van der Waals surface area contributed by atoms with Crippen molar-refractivity contribution in [2.75, 3.05) is 0 Å². The first-order valence-electron chi connectivity index (χ1n) is 7.60. The summed E-state index contributed by atoms with van der Waals surface area (Å²) < 4.78 is 0. The molecule has 2 N–H and O–H groups in total. The molecule has 0 fully saturated rings. The molecule has 0 aliphatic rings. The third-order valence-electron chi connectivity index (χ3n) is 3.51. The van der Waals surface area contributed by atoms with Gasteiger partial charge in [0.05, 0.1) is 5.92 Å². The molecular weight excluding hydrogens is 288 g/mol. The number of nitrogens with one attached hydrogen (secondary N) is 2. The zero-order valence-electron chi connectivity index (χ0n) is 13.7. The maximum Gasteiger partial charge on any atom is 0.250 e. The van der Waals surface area contributed by atoms with Gasteiger partial charge in [-0.1, -0.05) is 81.4 Å². The number of hydrazine groups is 1. The van der Waals surface area contributed by atoms with Crippen LogP contribution in [0.4, 0.5) is 0 Å². The predicted octanol–water partition coefficient (Wildman–Crippen LogP) is 3.01. The Hall–Kier alpha value is -2.62. The van der Waals surface area contributed by atoms with Crippen LogP contribution in [-0.2, 0) is 9.59 Å². The van der Waals surface area contributed by atoms with Gasteiger partial charge in [-0.15, -0.1) is 0 Å². The molecule has 0 radical (unpaired) electrons. The van der Waals surface area contributed by atoms with E-state index in [2.05, 4.69) is 10.9 Å². The molecular formula is C19H22N2O2. The van der Waals surface area contributed by atoms with E-state index in [0.29, 0.717) is 0 Å². The molecule has 0 unspecified atom stereocenters. The van der Waals surface area contributed by atoms with Gasteiger partial charge in [0.15, 0.2) is 0 Å². The van der Waals surface area contributed by atoms with E-state index < -0.39 is 11.3 Å². The first kappa shape index (κ1) is 16.7. The van der Waals surface area contributed by atoms with Gasteiger partial charge in [0.25, 0.3) is 0 Å². The van der Waals surface area contributed by atoms with Gasteiger partial charge >= 0.3 is 0 Å². The van der Waals surface area contributed by atoms with Crippen molar-refractivity contribution in [3.8, 4) is 0 Å². The van der Waals surface area contributed by atoms with Gasteiger partial charge in [0.2, 0.25) is 11.8 Å². The number of hydrogen-bond donors (Lipinski definition) is 2. The summed E-state index contributed by atoms with van der Waals surface area (Å²) in [6.07, 6.45) is 0. The van der Waals surface area contributed by atoms with Crippen LogP contribution >= 0.6 is 0 Å². The summed E-state index contributed by atoms with van der Waals surface area (Å²) >= 11 is 0. The van der Waals surface area contributed by atoms with Crippen LogP contribution in [-0.4, -0.2) is 11.8 Å². The summed E-state index contributed by atoms with van der Waals surface area (Å²) in [5.41, 5.74) is 6.24. The minimum Gasteiger partial charge on any atom is -0.273 e. The number of carbonyl (C=O) groups is 2. The molecule has 0 saturated carbocycles. The molecule has 2 rings (SSSR count). The van der Waals surface area contributed by atoms with E-state index in [1.165, 1.54) is 0 Å². The largest absolute Gasteiger partial charge is 0.273 e. The maximum absolute atomic E-state index is 12.6. The number of hydrogen-bond acceptors (Lipinski definition) is 2. The van der Waals surface area contributed by atoms with Gasteiger partial charge in [0.1, 0.15) is 0 Å². The fourth-order valence-corrected chi connectivity index (χ4v) is 2.16. The molecule has 120 valence electrons. The predicted molar refractivity (Wildman–Crippen MR) is 90.5 cm³/mol. The number of carbonyl (C=O) groups excluding carboxylic acids is 2. The highest BCUT2D eigenvalue weighted by Gasteiger charge is 2.25. The molecule has 0 heterocycles. The molecule has 0 aliphatic heterocycles. The highest BCUT2D eigenvalue weighted by molar-refractivity contribution is 5.90. The van der Waals surface area contributed by atoms with Crippen molar-refractivity contribution in [2.45, 2.75) is 26.7 Å². The molecule has 4 heteroatoms. The lowest BCUT2D eigenvalue weighted by atomic mass is 9.91. The second kappa shape index (κ2) is 7.09. The summed E-state index contributed by atoms with van der Waals surface area (Å²) in [6, 6.07) is 19.0. The monoisotopic (exact) mass is 310 g/mol.